The maximum Gasteiger partial charge on any atom is 0.314 e. The monoisotopic (exact) mass is 291 g/mol. The van der Waals surface area contributed by atoms with Crippen LogP contribution in [0, 0.1) is 0 Å². The summed E-state index contributed by atoms with van der Waals surface area (Å²) in [7, 11) is 3.55. The van der Waals surface area contributed by atoms with Crippen LogP contribution in [0.4, 0.5) is 4.79 Å². The standard InChI is InChI=1S/C15H21N3O3/c1-18-7-5-11-9-12(3-4-13(11)18)14(19)10-17-15(20)16-6-8-21-2/h3-5,7,9,14,19H,6,8,10H2,1-2H3,(H2,16,17,20). The third-order valence-corrected chi connectivity index (χ3v) is 3.34. The Bertz CT molecular complexity index is 609. The van der Waals surface area contributed by atoms with Crippen LogP contribution >= 0.6 is 0 Å². The molecular weight excluding hydrogens is 270 g/mol. The van der Waals surface area contributed by atoms with E-state index in [2.05, 4.69) is 10.6 Å². The second-order valence-corrected chi connectivity index (χ2v) is 4.89. The Kier molecular flexibility index (Phi) is 5.19. The van der Waals surface area contributed by atoms with Gasteiger partial charge in [0.1, 0.15) is 0 Å². The molecule has 2 aromatic rings. The average Bonchev–Trinajstić information content (AvgIpc) is 2.86. The predicted octanol–water partition coefficient (Wildman–Crippen LogP) is 1.16. The molecule has 0 aliphatic heterocycles. The van der Waals surface area contributed by atoms with Crippen molar-refractivity contribution in [1.29, 1.82) is 0 Å². The first-order valence-electron chi connectivity index (χ1n) is 6.85. The number of benzene rings is 1. The number of hydrogen-bond acceptors (Lipinski definition) is 3. The van der Waals surface area contributed by atoms with Crippen molar-refractivity contribution in [2.24, 2.45) is 7.05 Å². The first-order chi connectivity index (χ1) is 10.1. The summed E-state index contributed by atoms with van der Waals surface area (Å²) in [4.78, 5) is 11.5. The molecule has 0 bridgehead atoms. The van der Waals surface area contributed by atoms with E-state index in [1.165, 1.54) is 0 Å². The smallest absolute Gasteiger partial charge is 0.314 e. The third-order valence-electron chi connectivity index (χ3n) is 3.34. The van der Waals surface area contributed by atoms with Crippen LogP contribution in [0.1, 0.15) is 11.7 Å². The molecule has 114 valence electrons. The Morgan fingerprint density at radius 1 is 1.38 bits per heavy atom. The fraction of sp³-hybridized carbons (Fsp3) is 0.400. The highest BCUT2D eigenvalue weighted by Gasteiger charge is 2.10. The molecule has 1 aromatic carbocycles. The maximum atomic E-state index is 11.5. The molecule has 0 radical (unpaired) electrons. The number of ether oxygens (including phenoxy) is 1. The molecular formula is C15H21N3O3. The van der Waals surface area contributed by atoms with Crippen LogP contribution in [-0.2, 0) is 11.8 Å². The normalized spacial score (nSPS) is 12.3. The molecule has 6 heteroatoms. The van der Waals surface area contributed by atoms with Crippen LogP contribution < -0.4 is 10.6 Å². The van der Waals surface area contributed by atoms with Crippen molar-refractivity contribution in [3.63, 3.8) is 0 Å². The highest BCUT2D eigenvalue weighted by Crippen LogP contribution is 2.20. The van der Waals surface area contributed by atoms with Crippen LogP contribution in [0.15, 0.2) is 30.5 Å². The van der Waals surface area contributed by atoms with Crippen LogP contribution in [0.25, 0.3) is 10.9 Å². The van der Waals surface area contributed by atoms with E-state index < -0.39 is 6.10 Å². The molecule has 1 aromatic heterocycles. The van der Waals surface area contributed by atoms with Crippen LogP contribution in [-0.4, -0.2) is 42.5 Å². The van der Waals surface area contributed by atoms with E-state index in [1.54, 1.807) is 7.11 Å². The van der Waals surface area contributed by atoms with Gasteiger partial charge in [0, 0.05) is 39.0 Å². The highest BCUT2D eigenvalue weighted by molar-refractivity contribution is 5.81. The first-order valence-corrected chi connectivity index (χ1v) is 6.85. The van der Waals surface area contributed by atoms with Gasteiger partial charge in [-0.15, -0.1) is 0 Å². The summed E-state index contributed by atoms with van der Waals surface area (Å²) in [5.41, 5.74) is 1.89. The summed E-state index contributed by atoms with van der Waals surface area (Å²) in [6.45, 7) is 1.06. The molecule has 1 unspecified atom stereocenters. The van der Waals surface area contributed by atoms with Gasteiger partial charge >= 0.3 is 6.03 Å². The summed E-state index contributed by atoms with van der Waals surface area (Å²) in [5.74, 6) is 0. The number of methoxy groups -OCH3 is 1. The summed E-state index contributed by atoms with van der Waals surface area (Å²) in [6.07, 6.45) is 1.24. The van der Waals surface area contributed by atoms with E-state index in [0.717, 1.165) is 16.5 Å². The molecule has 6 nitrogen and oxygen atoms in total. The first kappa shape index (κ1) is 15.3. The Hall–Kier alpha value is -2.05. The zero-order chi connectivity index (χ0) is 15.2. The minimum Gasteiger partial charge on any atom is -0.387 e. The van der Waals surface area contributed by atoms with Crippen molar-refractivity contribution in [3.05, 3.63) is 36.0 Å². The van der Waals surface area contributed by atoms with Gasteiger partial charge in [0.25, 0.3) is 0 Å². The topological polar surface area (TPSA) is 75.5 Å². The van der Waals surface area contributed by atoms with Gasteiger partial charge in [-0.3, -0.25) is 0 Å². The molecule has 0 saturated carbocycles. The molecule has 0 saturated heterocycles. The molecule has 2 amide bonds. The number of rotatable bonds is 6. The number of nitrogens with zero attached hydrogens (tertiary/aromatic N) is 1. The van der Waals surface area contributed by atoms with E-state index in [-0.39, 0.29) is 12.6 Å². The number of carbonyl (C=O) groups is 1. The van der Waals surface area contributed by atoms with Crippen molar-refractivity contribution < 1.29 is 14.6 Å². The number of urea groups is 1. The van der Waals surface area contributed by atoms with Gasteiger partial charge in [0.15, 0.2) is 0 Å². The Labute approximate surface area is 123 Å². The summed E-state index contributed by atoms with van der Waals surface area (Å²) >= 11 is 0. The second-order valence-electron chi connectivity index (χ2n) is 4.89. The van der Waals surface area contributed by atoms with Gasteiger partial charge in [-0.2, -0.15) is 0 Å². The lowest BCUT2D eigenvalue weighted by Gasteiger charge is -2.13. The van der Waals surface area contributed by atoms with Crippen molar-refractivity contribution in [1.82, 2.24) is 15.2 Å². The lowest BCUT2D eigenvalue weighted by Crippen LogP contribution is -2.39. The average molecular weight is 291 g/mol. The van der Waals surface area contributed by atoms with Crippen molar-refractivity contribution in [2.45, 2.75) is 6.10 Å². The summed E-state index contributed by atoms with van der Waals surface area (Å²) in [6, 6.07) is 7.46. The van der Waals surface area contributed by atoms with Crippen molar-refractivity contribution in [2.75, 3.05) is 26.8 Å². The molecule has 0 fully saturated rings. The van der Waals surface area contributed by atoms with Gasteiger partial charge < -0.3 is 25.0 Å². The number of aryl methyl sites for hydroxylation is 1. The minimum atomic E-state index is -0.734. The third kappa shape index (κ3) is 3.96. The number of aliphatic hydroxyl groups is 1. The highest BCUT2D eigenvalue weighted by atomic mass is 16.5. The molecule has 21 heavy (non-hydrogen) atoms. The molecule has 1 heterocycles. The molecule has 1 atom stereocenters. The lowest BCUT2D eigenvalue weighted by molar-refractivity contribution is 0.171. The van der Waals surface area contributed by atoms with Gasteiger partial charge in [0.2, 0.25) is 0 Å². The maximum absolute atomic E-state index is 11.5. The van der Waals surface area contributed by atoms with E-state index in [9.17, 15) is 9.90 Å². The number of hydrogen-bond donors (Lipinski definition) is 3. The molecule has 0 aliphatic carbocycles. The van der Waals surface area contributed by atoms with Gasteiger partial charge in [0.05, 0.1) is 12.7 Å². The number of nitrogens with one attached hydrogen (secondary N) is 2. The number of aliphatic hydroxyl groups excluding tert-OH is 1. The van der Waals surface area contributed by atoms with E-state index in [1.807, 2.05) is 42.1 Å². The number of amides is 2. The van der Waals surface area contributed by atoms with Gasteiger partial charge in [-0.25, -0.2) is 4.79 Å². The van der Waals surface area contributed by atoms with Crippen molar-refractivity contribution >= 4 is 16.9 Å². The van der Waals surface area contributed by atoms with Gasteiger partial charge in [-0.1, -0.05) is 6.07 Å². The summed E-state index contributed by atoms with van der Waals surface area (Å²) < 4.78 is 6.86. The van der Waals surface area contributed by atoms with Crippen molar-refractivity contribution in [3.8, 4) is 0 Å². The largest absolute Gasteiger partial charge is 0.387 e. The fourth-order valence-corrected chi connectivity index (χ4v) is 2.14. The van der Waals surface area contributed by atoms with Gasteiger partial charge in [-0.05, 0) is 29.1 Å². The molecule has 0 spiro atoms. The minimum absolute atomic E-state index is 0.164. The van der Waals surface area contributed by atoms with Crippen LogP contribution in [0.5, 0.6) is 0 Å². The Balaban J connectivity index is 1.89. The summed E-state index contributed by atoms with van der Waals surface area (Å²) in [5, 5.41) is 16.5. The zero-order valence-corrected chi connectivity index (χ0v) is 12.3. The second kappa shape index (κ2) is 7.10. The van der Waals surface area contributed by atoms with E-state index in [0.29, 0.717) is 13.2 Å². The predicted molar refractivity (Wildman–Crippen MR) is 81.2 cm³/mol. The van der Waals surface area contributed by atoms with E-state index >= 15 is 0 Å². The van der Waals surface area contributed by atoms with E-state index in [4.69, 9.17) is 4.74 Å². The molecule has 0 aliphatic rings. The lowest BCUT2D eigenvalue weighted by atomic mass is 10.1. The Morgan fingerprint density at radius 2 is 2.19 bits per heavy atom. The Morgan fingerprint density at radius 3 is 2.95 bits per heavy atom. The molecule has 2 rings (SSSR count). The number of carbonyl (C=O) groups excluding carboxylic acids is 1. The molecule has 3 N–H and O–H groups in total. The number of fused-ring (bicyclic) bond motifs is 1. The quantitative estimate of drug-likeness (QED) is 0.699. The van der Waals surface area contributed by atoms with Crippen LogP contribution in [0.2, 0.25) is 0 Å². The SMILES string of the molecule is COCCNC(=O)NCC(O)c1ccc2c(ccn2C)c1. The number of aromatic nitrogens is 1. The zero-order valence-electron chi connectivity index (χ0n) is 12.3. The fourth-order valence-electron chi connectivity index (χ4n) is 2.14. The van der Waals surface area contributed by atoms with Crippen LogP contribution in [0.3, 0.4) is 0 Å².